The van der Waals surface area contributed by atoms with Crippen LogP contribution in [0.25, 0.3) is 0 Å². The summed E-state index contributed by atoms with van der Waals surface area (Å²) in [5, 5.41) is -2.22. The van der Waals surface area contributed by atoms with Crippen LogP contribution in [0.3, 0.4) is 0 Å². The largest absolute Gasteiger partial charge is 0.462 e. The Morgan fingerprint density at radius 3 is 2.11 bits per heavy atom. The summed E-state index contributed by atoms with van der Waals surface area (Å²) < 4.78 is 61.4. The van der Waals surface area contributed by atoms with E-state index in [-0.39, 0.29) is 16.7 Å². The first-order valence-corrected chi connectivity index (χ1v) is 5.61. The van der Waals surface area contributed by atoms with Gasteiger partial charge in [-0.3, -0.25) is 4.79 Å². The van der Waals surface area contributed by atoms with Gasteiger partial charge in [0.2, 0.25) is 0 Å². The topological polar surface area (TPSA) is 17.1 Å². The van der Waals surface area contributed by atoms with Gasteiger partial charge in [0.1, 0.15) is 0 Å². The predicted molar refractivity (Wildman–Crippen MR) is 57.8 cm³/mol. The molecule has 0 saturated heterocycles. The Morgan fingerprint density at radius 1 is 1.11 bits per heavy atom. The smallest absolute Gasteiger partial charge is 0.280 e. The SMILES string of the molecule is Cc1ccc(SC(=O)C(F)(F)C(F)(F)F)c(C)c1. The normalized spacial score (nSPS) is 12.6. The van der Waals surface area contributed by atoms with Gasteiger partial charge in [-0.05, 0) is 37.2 Å². The second kappa shape index (κ2) is 4.87. The van der Waals surface area contributed by atoms with E-state index in [4.69, 9.17) is 0 Å². The van der Waals surface area contributed by atoms with Crippen LogP contribution in [-0.4, -0.2) is 17.2 Å². The molecule has 0 aromatic heterocycles. The van der Waals surface area contributed by atoms with Crippen LogP contribution in [0.5, 0.6) is 0 Å². The zero-order chi connectivity index (χ0) is 14.1. The van der Waals surface area contributed by atoms with Crippen molar-refractivity contribution >= 4 is 16.9 Å². The third-order valence-corrected chi connectivity index (χ3v) is 3.27. The quantitative estimate of drug-likeness (QED) is 0.600. The molecule has 0 atom stereocenters. The van der Waals surface area contributed by atoms with Crippen LogP contribution >= 0.6 is 11.8 Å². The molecular weight excluding hydrogens is 275 g/mol. The van der Waals surface area contributed by atoms with Crippen molar-refractivity contribution in [2.45, 2.75) is 30.8 Å². The van der Waals surface area contributed by atoms with Gasteiger partial charge in [0.15, 0.2) is 0 Å². The van der Waals surface area contributed by atoms with Crippen LogP contribution in [0.2, 0.25) is 0 Å². The first-order chi connectivity index (χ1) is 8.05. The van der Waals surface area contributed by atoms with E-state index < -0.39 is 17.2 Å². The summed E-state index contributed by atoms with van der Waals surface area (Å²) >= 11 is -0.0962. The van der Waals surface area contributed by atoms with Crippen molar-refractivity contribution in [3.8, 4) is 0 Å². The third kappa shape index (κ3) is 3.01. The van der Waals surface area contributed by atoms with Crippen LogP contribution in [0.1, 0.15) is 11.1 Å². The van der Waals surface area contributed by atoms with E-state index in [1.165, 1.54) is 19.1 Å². The van der Waals surface area contributed by atoms with Gasteiger partial charge in [0, 0.05) is 4.90 Å². The third-order valence-electron chi connectivity index (χ3n) is 2.15. The molecule has 100 valence electrons. The zero-order valence-electron chi connectivity index (χ0n) is 9.44. The van der Waals surface area contributed by atoms with Crippen LogP contribution in [0.4, 0.5) is 22.0 Å². The number of hydrogen-bond acceptors (Lipinski definition) is 2. The van der Waals surface area contributed by atoms with Crippen molar-refractivity contribution in [1.29, 1.82) is 0 Å². The molecule has 0 aliphatic heterocycles. The summed E-state index contributed by atoms with van der Waals surface area (Å²) in [7, 11) is 0. The number of thioether (sulfide) groups is 1. The fraction of sp³-hybridized carbons (Fsp3) is 0.364. The molecular formula is C11H9F5OS. The monoisotopic (exact) mass is 284 g/mol. The minimum Gasteiger partial charge on any atom is -0.280 e. The molecule has 0 N–H and O–H groups in total. The van der Waals surface area contributed by atoms with Gasteiger partial charge >= 0.3 is 12.1 Å². The molecule has 0 fully saturated rings. The molecule has 0 bridgehead atoms. The van der Waals surface area contributed by atoms with E-state index in [0.29, 0.717) is 5.56 Å². The standard InChI is InChI=1S/C11H9F5OS/c1-6-3-4-8(7(2)5-6)18-9(17)10(12,13)11(14,15)16/h3-5H,1-2H3. The van der Waals surface area contributed by atoms with Gasteiger partial charge in [0.05, 0.1) is 0 Å². The van der Waals surface area contributed by atoms with Crippen molar-refractivity contribution in [2.24, 2.45) is 0 Å². The van der Waals surface area contributed by atoms with Crippen LogP contribution in [-0.2, 0) is 4.79 Å². The maximum atomic E-state index is 12.7. The highest BCUT2D eigenvalue weighted by atomic mass is 32.2. The lowest BCUT2D eigenvalue weighted by molar-refractivity contribution is -0.264. The van der Waals surface area contributed by atoms with Gasteiger partial charge in [0.25, 0.3) is 5.12 Å². The highest BCUT2D eigenvalue weighted by Gasteiger charge is 2.63. The Morgan fingerprint density at radius 2 is 1.67 bits per heavy atom. The molecule has 1 aromatic carbocycles. The zero-order valence-corrected chi connectivity index (χ0v) is 10.3. The van der Waals surface area contributed by atoms with Crippen molar-refractivity contribution in [1.82, 2.24) is 0 Å². The van der Waals surface area contributed by atoms with E-state index >= 15 is 0 Å². The summed E-state index contributed by atoms with van der Waals surface area (Å²) in [4.78, 5) is 11.1. The summed E-state index contributed by atoms with van der Waals surface area (Å²) in [5.41, 5.74) is 1.30. The number of hydrogen-bond donors (Lipinski definition) is 0. The Labute approximate surface area is 104 Å². The fourth-order valence-corrected chi connectivity index (χ4v) is 1.99. The number of rotatable bonds is 2. The van der Waals surface area contributed by atoms with E-state index in [1.54, 1.807) is 13.0 Å². The minimum absolute atomic E-state index is 0.0922. The van der Waals surface area contributed by atoms with Crippen molar-refractivity contribution < 1.29 is 26.7 Å². The molecule has 0 radical (unpaired) electrons. The van der Waals surface area contributed by atoms with Crippen LogP contribution in [0, 0.1) is 13.8 Å². The molecule has 1 rings (SSSR count). The lowest BCUT2D eigenvalue weighted by Gasteiger charge is -2.17. The summed E-state index contributed by atoms with van der Waals surface area (Å²) in [6, 6.07) is 4.48. The van der Waals surface area contributed by atoms with E-state index in [0.717, 1.165) is 5.56 Å². The second-order valence-corrected chi connectivity index (χ2v) is 4.75. The molecule has 0 aliphatic rings. The predicted octanol–water partition coefficient (Wildman–Crippen LogP) is 4.12. The van der Waals surface area contributed by atoms with E-state index in [1.807, 2.05) is 0 Å². The number of halogens is 5. The highest BCUT2D eigenvalue weighted by molar-refractivity contribution is 8.13. The molecule has 0 spiro atoms. The minimum atomic E-state index is -5.87. The first kappa shape index (κ1) is 14.9. The summed E-state index contributed by atoms with van der Waals surface area (Å²) in [6.07, 6.45) is -5.87. The number of carbonyl (C=O) groups is 1. The maximum absolute atomic E-state index is 12.7. The molecule has 0 heterocycles. The molecule has 0 aliphatic carbocycles. The lowest BCUT2D eigenvalue weighted by atomic mass is 10.2. The average Bonchev–Trinajstić information content (AvgIpc) is 2.20. The molecule has 0 amide bonds. The number of aryl methyl sites for hydroxylation is 2. The number of carbonyl (C=O) groups excluding carboxylic acids is 1. The highest BCUT2D eigenvalue weighted by Crippen LogP contribution is 2.41. The van der Waals surface area contributed by atoms with Crippen molar-refractivity contribution in [3.63, 3.8) is 0 Å². The molecule has 1 aromatic rings. The van der Waals surface area contributed by atoms with Gasteiger partial charge in [-0.1, -0.05) is 17.7 Å². The number of benzene rings is 1. The fourth-order valence-electron chi connectivity index (χ4n) is 1.19. The molecule has 0 unspecified atom stereocenters. The molecule has 18 heavy (non-hydrogen) atoms. The Balaban J connectivity index is 2.95. The summed E-state index contributed by atoms with van der Waals surface area (Å²) in [5.74, 6) is -5.34. The summed E-state index contributed by atoms with van der Waals surface area (Å²) in [6.45, 7) is 3.28. The average molecular weight is 284 g/mol. The van der Waals surface area contributed by atoms with Crippen molar-refractivity contribution in [2.75, 3.05) is 0 Å². The van der Waals surface area contributed by atoms with Gasteiger partial charge in [-0.25, -0.2) is 0 Å². The molecule has 1 nitrogen and oxygen atoms in total. The Hall–Kier alpha value is -1.11. The Bertz CT molecular complexity index is 467. The van der Waals surface area contributed by atoms with Gasteiger partial charge in [-0.2, -0.15) is 22.0 Å². The second-order valence-electron chi connectivity index (χ2n) is 3.73. The van der Waals surface area contributed by atoms with Gasteiger partial charge < -0.3 is 0 Å². The lowest BCUT2D eigenvalue weighted by Crippen LogP contribution is -2.42. The Kier molecular flexibility index (Phi) is 4.05. The van der Waals surface area contributed by atoms with E-state index in [9.17, 15) is 26.7 Å². The van der Waals surface area contributed by atoms with E-state index in [2.05, 4.69) is 0 Å². The van der Waals surface area contributed by atoms with Gasteiger partial charge in [-0.15, -0.1) is 0 Å². The van der Waals surface area contributed by atoms with Crippen LogP contribution in [0.15, 0.2) is 23.1 Å². The maximum Gasteiger partial charge on any atom is 0.462 e. The van der Waals surface area contributed by atoms with Crippen LogP contribution < -0.4 is 0 Å². The molecule has 7 heteroatoms. The van der Waals surface area contributed by atoms with Crippen molar-refractivity contribution in [3.05, 3.63) is 29.3 Å². The first-order valence-electron chi connectivity index (χ1n) is 4.80. The number of alkyl halides is 5. The molecule has 0 saturated carbocycles.